The second kappa shape index (κ2) is 5.69. The van der Waals surface area contributed by atoms with Crippen molar-refractivity contribution in [1.29, 1.82) is 0 Å². The second-order valence-electron chi connectivity index (χ2n) is 2.63. The fourth-order valence-electron chi connectivity index (χ4n) is 0.862. The standard InChI is InChI=1S/C7H15F3O3Si/c1-4-11-14(3,12-5-2)13-6-7(8,9)10/h4-6H2,1-3H3. The number of alkyl halides is 3. The molecule has 0 atom stereocenters. The van der Waals surface area contributed by atoms with Gasteiger partial charge in [0, 0.05) is 19.8 Å². The summed E-state index contributed by atoms with van der Waals surface area (Å²) in [7, 11) is -3.08. The Morgan fingerprint density at radius 2 is 1.43 bits per heavy atom. The third kappa shape index (κ3) is 6.36. The smallest absolute Gasteiger partial charge is 0.374 e. The summed E-state index contributed by atoms with van der Waals surface area (Å²) >= 11 is 0. The van der Waals surface area contributed by atoms with Crippen LogP contribution in [0.1, 0.15) is 13.8 Å². The van der Waals surface area contributed by atoms with Crippen LogP contribution >= 0.6 is 0 Å². The van der Waals surface area contributed by atoms with Crippen LogP contribution in [0.15, 0.2) is 0 Å². The van der Waals surface area contributed by atoms with Crippen molar-refractivity contribution in [3.8, 4) is 0 Å². The van der Waals surface area contributed by atoms with Gasteiger partial charge in [-0.1, -0.05) is 0 Å². The van der Waals surface area contributed by atoms with Gasteiger partial charge in [0.2, 0.25) is 0 Å². The van der Waals surface area contributed by atoms with E-state index >= 15 is 0 Å². The highest BCUT2D eigenvalue weighted by molar-refractivity contribution is 6.59. The molecule has 0 fully saturated rings. The van der Waals surface area contributed by atoms with Crippen molar-refractivity contribution in [2.45, 2.75) is 26.6 Å². The van der Waals surface area contributed by atoms with Crippen molar-refractivity contribution in [3.63, 3.8) is 0 Å². The van der Waals surface area contributed by atoms with E-state index in [1.54, 1.807) is 13.8 Å². The van der Waals surface area contributed by atoms with Crippen LogP contribution < -0.4 is 0 Å². The Hall–Kier alpha value is -0.113. The molecular formula is C7H15F3O3Si. The lowest BCUT2D eigenvalue weighted by Gasteiger charge is -2.25. The summed E-state index contributed by atoms with van der Waals surface area (Å²) in [5.74, 6) is 0. The summed E-state index contributed by atoms with van der Waals surface area (Å²) in [4.78, 5) is 0. The van der Waals surface area contributed by atoms with E-state index in [9.17, 15) is 13.2 Å². The third-order valence-electron chi connectivity index (χ3n) is 1.31. The van der Waals surface area contributed by atoms with Crippen LogP contribution in [0, 0.1) is 0 Å². The van der Waals surface area contributed by atoms with Gasteiger partial charge in [0.25, 0.3) is 0 Å². The molecule has 0 aromatic heterocycles. The minimum atomic E-state index is -4.34. The largest absolute Gasteiger partial charge is 0.497 e. The molecule has 0 spiro atoms. The van der Waals surface area contributed by atoms with Crippen molar-refractivity contribution in [3.05, 3.63) is 0 Å². The molecule has 7 heteroatoms. The van der Waals surface area contributed by atoms with Crippen LogP contribution in [0.3, 0.4) is 0 Å². The fourth-order valence-corrected chi connectivity index (χ4v) is 2.59. The van der Waals surface area contributed by atoms with Gasteiger partial charge in [-0.25, -0.2) is 0 Å². The number of hydrogen-bond acceptors (Lipinski definition) is 3. The minimum Gasteiger partial charge on any atom is -0.374 e. The van der Waals surface area contributed by atoms with Crippen molar-refractivity contribution in [1.82, 2.24) is 0 Å². The van der Waals surface area contributed by atoms with Crippen LogP contribution in [-0.4, -0.2) is 34.8 Å². The fraction of sp³-hybridized carbons (Fsp3) is 1.00. The van der Waals surface area contributed by atoms with E-state index in [2.05, 4.69) is 4.43 Å². The molecule has 0 saturated heterocycles. The van der Waals surface area contributed by atoms with Gasteiger partial charge < -0.3 is 13.3 Å². The van der Waals surface area contributed by atoms with Gasteiger partial charge >= 0.3 is 15.0 Å². The van der Waals surface area contributed by atoms with Crippen LogP contribution in [0.5, 0.6) is 0 Å². The van der Waals surface area contributed by atoms with Crippen molar-refractivity contribution < 1.29 is 26.4 Å². The quantitative estimate of drug-likeness (QED) is 0.657. The predicted molar refractivity (Wildman–Crippen MR) is 46.9 cm³/mol. The highest BCUT2D eigenvalue weighted by Crippen LogP contribution is 2.18. The molecular weight excluding hydrogens is 217 g/mol. The Kier molecular flexibility index (Phi) is 5.65. The molecule has 0 aliphatic heterocycles. The van der Waals surface area contributed by atoms with E-state index in [1.165, 1.54) is 6.55 Å². The van der Waals surface area contributed by atoms with E-state index in [-0.39, 0.29) is 13.2 Å². The molecule has 0 aliphatic carbocycles. The molecule has 0 aromatic carbocycles. The van der Waals surface area contributed by atoms with E-state index in [0.717, 1.165) is 0 Å². The summed E-state index contributed by atoms with van der Waals surface area (Å²) in [6.07, 6.45) is -4.34. The molecule has 14 heavy (non-hydrogen) atoms. The highest BCUT2D eigenvalue weighted by Gasteiger charge is 2.39. The van der Waals surface area contributed by atoms with Crippen LogP contribution in [0.2, 0.25) is 6.55 Å². The van der Waals surface area contributed by atoms with Crippen LogP contribution in [-0.2, 0) is 13.3 Å². The summed E-state index contributed by atoms with van der Waals surface area (Å²) in [6, 6.07) is 0. The Morgan fingerprint density at radius 1 is 1.00 bits per heavy atom. The van der Waals surface area contributed by atoms with Crippen LogP contribution in [0.4, 0.5) is 13.2 Å². The van der Waals surface area contributed by atoms with Gasteiger partial charge in [-0.05, 0) is 13.8 Å². The molecule has 0 bridgehead atoms. The lowest BCUT2D eigenvalue weighted by molar-refractivity contribution is -0.164. The van der Waals surface area contributed by atoms with E-state index in [0.29, 0.717) is 0 Å². The lowest BCUT2D eigenvalue weighted by Crippen LogP contribution is -2.44. The molecule has 0 unspecified atom stereocenters. The summed E-state index contributed by atoms with van der Waals surface area (Å²) in [6.45, 7) is 4.05. The SMILES string of the molecule is CCO[Si](C)(OCC)OCC(F)(F)F. The maximum absolute atomic E-state index is 11.9. The minimum absolute atomic E-state index is 0.278. The zero-order chi connectivity index (χ0) is 11.2. The van der Waals surface area contributed by atoms with Gasteiger partial charge in [-0.2, -0.15) is 13.2 Å². The Bertz CT molecular complexity index is 157. The van der Waals surface area contributed by atoms with Crippen LogP contribution in [0.25, 0.3) is 0 Å². The molecule has 0 rings (SSSR count). The van der Waals surface area contributed by atoms with Gasteiger partial charge in [0.05, 0.1) is 0 Å². The third-order valence-corrected chi connectivity index (χ3v) is 3.61. The number of halogens is 3. The van der Waals surface area contributed by atoms with Crippen molar-refractivity contribution in [2.75, 3.05) is 19.8 Å². The van der Waals surface area contributed by atoms with E-state index < -0.39 is 21.6 Å². The maximum Gasteiger partial charge on any atom is 0.497 e. The maximum atomic E-state index is 11.9. The monoisotopic (exact) mass is 232 g/mol. The molecule has 0 radical (unpaired) electrons. The Morgan fingerprint density at radius 3 is 1.71 bits per heavy atom. The van der Waals surface area contributed by atoms with Crippen molar-refractivity contribution >= 4 is 8.80 Å². The van der Waals surface area contributed by atoms with Gasteiger partial charge in [-0.3, -0.25) is 0 Å². The van der Waals surface area contributed by atoms with Gasteiger partial charge in [-0.15, -0.1) is 0 Å². The number of hydrogen-bond donors (Lipinski definition) is 0. The predicted octanol–water partition coefficient (Wildman–Crippen LogP) is 2.21. The number of rotatable bonds is 6. The molecule has 0 amide bonds. The second-order valence-corrected chi connectivity index (χ2v) is 5.22. The molecule has 0 aromatic rings. The average Bonchev–Trinajstić information content (AvgIpc) is 2.01. The molecule has 86 valence electrons. The highest BCUT2D eigenvalue weighted by atomic mass is 28.4. The van der Waals surface area contributed by atoms with E-state index in [4.69, 9.17) is 8.85 Å². The van der Waals surface area contributed by atoms with Crippen molar-refractivity contribution in [2.24, 2.45) is 0 Å². The zero-order valence-corrected chi connectivity index (χ0v) is 9.48. The first-order valence-electron chi connectivity index (χ1n) is 4.31. The molecule has 0 heterocycles. The summed E-state index contributed by atoms with van der Waals surface area (Å²) in [5, 5.41) is 0. The molecule has 0 saturated carbocycles. The summed E-state index contributed by atoms with van der Waals surface area (Å²) < 4.78 is 50.3. The molecule has 3 nitrogen and oxygen atoms in total. The Balaban J connectivity index is 4.08. The first-order chi connectivity index (χ1) is 6.33. The first-order valence-corrected chi connectivity index (χ1v) is 6.54. The lowest BCUT2D eigenvalue weighted by atomic mass is 10.7. The topological polar surface area (TPSA) is 27.7 Å². The Labute approximate surface area is 82.5 Å². The van der Waals surface area contributed by atoms with Gasteiger partial charge in [0.1, 0.15) is 6.61 Å². The molecule has 0 aliphatic rings. The normalized spacial score (nSPS) is 13.3. The van der Waals surface area contributed by atoms with E-state index in [1.807, 2.05) is 0 Å². The average molecular weight is 232 g/mol. The van der Waals surface area contributed by atoms with Gasteiger partial charge in [0.15, 0.2) is 0 Å². The molecule has 0 N–H and O–H groups in total. The summed E-state index contributed by atoms with van der Waals surface area (Å²) in [5.41, 5.74) is 0. The zero-order valence-electron chi connectivity index (χ0n) is 8.48. The first kappa shape index (κ1) is 13.9.